The second-order valence-electron chi connectivity index (χ2n) is 6.43. The zero-order valence-corrected chi connectivity index (χ0v) is 14.3. The Morgan fingerprint density at radius 1 is 1.29 bits per heavy atom. The van der Waals surface area contributed by atoms with Crippen molar-refractivity contribution in [2.24, 2.45) is 5.92 Å². The molecule has 0 saturated carbocycles. The fraction of sp³-hybridized carbons (Fsp3) is 0.421. The van der Waals surface area contributed by atoms with Gasteiger partial charge in [0.15, 0.2) is 0 Å². The van der Waals surface area contributed by atoms with E-state index in [1.165, 1.54) is 12.8 Å². The summed E-state index contributed by atoms with van der Waals surface area (Å²) >= 11 is 0. The second kappa shape index (κ2) is 7.43. The highest BCUT2D eigenvalue weighted by molar-refractivity contribution is 6.04. The number of nitrogens with zero attached hydrogens (tertiary/aromatic N) is 3. The Morgan fingerprint density at radius 2 is 2.04 bits per heavy atom. The predicted molar refractivity (Wildman–Crippen MR) is 96.4 cm³/mol. The lowest BCUT2D eigenvalue weighted by molar-refractivity contribution is 0.102. The van der Waals surface area contributed by atoms with Gasteiger partial charge in [0, 0.05) is 31.2 Å². The summed E-state index contributed by atoms with van der Waals surface area (Å²) in [6.45, 7) is 6.29. The van der Waals surface area contributed by atoms with E-state index < -0.39 is 0 Å². The Kier molecular flexibility index (Phi) is 5.08. The number of carbonyl (C=O) groups is 1. The first-order valence-electron chi connectivity index (χ1n) is 8.63. The van der Waals surface area contributed by atoms with Gasteiger partial charge in [-0.15, -0.1) is 0 Å². The largest absolute Gasteiger partial charge is 0.341 e. The molecule has 5 heteroatoms. The van der Waals surface area contributed by atoms with Crippen molar-refractivity contribution >= 4 is 17.5 Å². The van der Waals surface area contributed by atoms with Gasteiger partial charge in [0.25, 0.3) is 5.91 Å². The third kappa shape index (κ3) is 3.72. The number of rotatable bonds is 4. The van der Waals surface area contributed by atoms with Crippen LogP contribution < -0.4 is 10.2 Å². The van der Waals surface area contributed by atoms with Gasteiger partial charge in [0.2, 0.25) is 5.95 Å². The summed E-state index contributed by atoms with van der Waals surface area (Å²) in [5.74, 6) is 1.21. The van der Waals surface area contributed by atoms with E-state index in [2.05, 4.69) is 34.0 Å². The highest BCUT2D eigenvalue weighted by atomic mass is 16.1. The molecule has 2 aromatic rings. The molecule has 2 heterocycles. The second-order valence-corrected chi connectivity index (χ2v) is 6.43. The van der Waals surface area contributed by atoms with E-state index >= 15 is 0 Å². The maximum absolute atomic E-state index is 12.4. The third-order valence-electron chi connectivity index (χ3n) is 4.49. The van der Waals surface area contributed by atoms with E-state index in [-0.39, 0.29) is 5.91 Å². The average molecular weight is 324 g/mol. The van der Waals surface area contributed by atoms with Crippen molar-refractivity contribution in [3.8, 4) is 0 Å². The molecule has 1 fully saturated rings. The molecular weight excluding hydrogens is 300 g/mol. The van der Waals surface area contributed by atoms with Crippen molar-refractivity contribution < 1.29 is 4.79 Å². The molecular formula is C19H24N4O. The van der Waals surface area contributed by atoms with E-state index in [4.69, 9.17) is 0 Å². The minimum Gasteiger partial charge on any atom is -0.341 e. The molecule has 5 nitrogen and oxygen atoms in total. The smallest absolute Gasteiger partial charge is 0.258 e. The number of carbonyl (C=O) groups excluding carboxylic acids is 1. The summed E-state index contributed by atoms with van der Waals surface area (Å²) < 4.78 is 0. The van der Waals surface area contributed by atoms with Crippen molar-refractivity contribution in [3.63, 3.8) is 0 Å². The normalized spacial score (nSPS) is 17.6. The van der Waals surface area contributed by atoms with Crippen LogP contribution in [-0.2, 0) is 6.42 Å². The number of aryl methyl sites for hydroxylation is 1. The Bertz CT molecular complexity index is 699. The van der Waals surface area contributed by atoms with Gasteiger partial charge in [-0.3, -0.25) is 4.79 Å². The summed E-state index contributed by atoms with van der Waals surface area (Å²) in [4.78, 5) is 23.4. The lowest BCUT2D eigenvalue weighted by Gasteiger charge is -2.30. The van der Waals surface area contributed by atoms with Gasteiger partial charge in [-0.25, -0.2) is 9.97 Å². The van der Waals surface area contributed by atoms with Crippen molar-refractivity contribution in [2.75, 3.05) is 23.3 Å². The molecule has 0 bridgehead atoms. The van der Waals surface area contributed by atoms with Crippen LogP contribution in [0.25, 0.3) is 0 Å². The number of benzene rings is 1. The van der Waals surface area contributed by atoms with Gasteiger partial charge in [0.05, 0.1) is 5.56 Å². The quantitative estimate of drug-likeness (QED) is 0.935. The molecule has 1 N–H and O–H groups in total. The van der Waals surface area contributed by atoms with Gasteiger partial charge in [-0.05, 0) is 36.8 Å². The van der Waals surface area contributed by atoms with Crippen LogP contribution >= 0.6 is 0 Å². The van der Waals surface area contributed by atoms with E-state index in [0.717, 1.165) is 30.8 Å². The van der Waals surface area contributed by atoms with Crippen molar-refractivity contribution in [1.29, 1.82) is 0 Å². The molecule has 1 atom stereocenters. The number of aromatic nitrogens is 2. The van der Waals surface area contributed by atoms with Crippen LogP contribution in [0.5, 0.6) is 0 Å². The molecule has 126 valence electrons. The number of hydrogen-bond donors (Lipinski definition) is 1. The van der Waals surface area contributed by atoms with Crippen LogP contribution in [0.2, 0.25) is 0 Å². The monoisotopic (exact) mass is 324 g/mol. The number of hydrogen-bond acceptors (Lipinski definition) is 4. The SMILES string of the molecule is CCc1ccccc1NC(=O)c1cnc(N2CCCC(C)C2)nc1. The maximum atomic E-state index is 12.4. The standard InChI is InChI=1S/C19H24N4O/c1-3-15-8-4-5-9-17(15)22-18(24)16-11-20-19(21-12-16)23-10-6-7-14(2)13-23/h4-5,8-9,11-12,14H,3,6-7,10,13H2,1-2H3,(H,22,24). The molecule has 0 aliphatic carbocycles. The number of nitrogens with one attached hydrogen (secondary N) is 1. The fourth-order valence-electron chi connectivity index (χ4n) is 3.12. The Hall–Kier alpha value is -2.43. The van der Waals surface area contributed by atoms with Crippen molar-refractivity contribution in [2.45, 2.75) is 33.1 Å². The van der Waals surface area contributed by atoms with Gasteiger partial charge in [-0.2, -0.15) is 0 Å². The average Bonchev–Trinajstić information content (AvgIpc) is 2.62. The van der Waals surface area contributed by atoms with Gasteiger partial charge in [0.1, 0.15) is 0 Å². The molecule has 24 heavy (non-hydrogen) atoms. The molecule has 1 aliphatic rings. The minimum absolute atomic E-state index is 0.172. The summed E-state index contributed by atoms with van der Waals surface area (Å²) in [7, 11) is 0. The summed E-state index contributed by atoms with van der Waals surface area (Å²) in [5, 5.41) is 2.95. The fourth-order valence-corrected chi connectivity index (χ4v) is 3.12. The van der Waals surface area contributed by atoms with Gasteiger partial charge >= 0.3 is 0 Å². The summed E-state index contributed by atoms with van der Waals surface area (Å²) in [6, 6.07) is 7.84. The van der Waals surface area contributed by atoms with E-state index in [1.807, 2.05) is 24.3 Å². The Balaban J connectivity index is 1.70. The molecule has 0 radical (unpaired) electrons. The van der Waals surface area contributed by atoms with Crippen LogP contribution in [0.1, 0.15) is 42.6 Å². The summed E-state index contributed by atoms with van der Waals surface area (Å²) in [5.41, 5.74) is 2.44. The molecule has 1 saturated heterocycles. The lowest BCUT2D eigenvalue weighted by Crippen LogP contribution is -2.35. The summed E-state index contributed by atoms with van der Waals surface area (Å²) in [6.07, 6.45) is 6.53. The van der Waals surface area contributed by atoms with Crippen molar-refractivity contribution in [3.05, 3.63) is 47.8 Å². The molecule has 1 amide bonds. The Labute approximate surface area is 143 Å². The van der Waals surface area contributed by atoms with Crippen LogP contribution in [0.3, 0.4) is 0 Å². The Morgan fingerprint density at radius 3 is 2.75 bits per heavy atom. The zero-order valence-electron chi connectivity index (χ0n) is 14.3. The first-order chi connectivity index (χ1) is 11.7. The first kappa shape index (κ1) is 16.4. The van der Waals surface area contributed by atoms with Gasteiger partial charge in [-0.1, -0.05) is 32.0 Å². The lowest BCUT2D eigenvalue weighted by atomic mass is 10.0. The van der Waals surface area contributed by atoms with Gasteiger partial charge < -0.3 is 10.2 Å². The number of anilines is 2. The number of para-hydroxylation sites is 1. The molecule has 3 rings (SSSR count). The molecule has 1 unspecified atom stereocenters. The molecule has 1 aromatic heterocycles. The highest BCUT2D eigenvalue weighted by Gasteiger charge is 2.19. The predicted octanol–water partition coefficient (Wildman–Crippen LogP) is 3.53. The van der Waals surface area contributed by atoms with Crippen LogP contribution in [0.4, 0.5) is 11.6 Å². The first-order valence-corrected chi connectivity index (χ1v) is 8.63. The molecule has 1 aliphatic heterocycles. The zero-order chi connectivity index (χ0) is 16.9. The van der Waals surface area contributed by atoms with E-state index in [9.17, 15) is 4.79 Å². The van der Waals surface area contributed by atoms with Crippen molar-refractivity contribution in [1.82, 2.24) is 9.97 Å². The molecule has 1 aromatic carbocycles. The third-order valence-corrected chi connectivity index (χ3v) is 4.49. The topological polar surface area (TPSA) is 58.1 Å². The maximum Gasteiger partial charge on any atom is 0.258 e. The number of piperidine rings is 1. The van der Waals surface area contributed by atoms with E-state index in [1.54, 1.807) is 12.4 Å². The molecule has 0 spiro atoms. The minimum atomic E-state index is -0.172. The van der Waals surface area contributed by atoms with Crippen LogP contribution in [0.15, 0.2) is 36.7 Å². The van der Waals surface area contributed by atoms with E-state index in [0.29, 0.717) is 17.4 Å². The van der Waals surface area contributed by atoms with Crippen LogP contribution in [0, 0.1) is 5.92 Å². The number of amides is 1. The van der Waals surface area contributed by atoms with Crippen LogP contribution in [-0.4, -0.2) is 29.0 Å². The highest BCUT2D eigenvalue weighted by Crippen LogP contribution is 2.20.